The molecule has 24 heavy (non-hydrogen) atoms. The van der Waals surface area contributed by atoms with Crippen molar-refractivity contribution < 1.29 is 9.72 Å². The van der Waals surface area contributed by atoms with Crippen molar-refractivity contribution in [3.05, 3.63) is 74.8 Å². The number of nitrogens with one attached hydrogen (secondary N) is 1. The average molecular weight is 348 g/mol. The van der Waals surface area contributed by atoms with Crippen LogP contribution in [0.2, 0.25) is 5.02 Å². The van der Waals surface area contributed by atoms with Gasteiger partial charge in [-0.3, -0.25) is 14.9 Å². The maximum atomic E-state index is 12.2. The number of benzene rings is 2. The van der Waals surface area contributed by atoms with Gasteiger partial charge in [0.25, 0.3) is 11.6 Å². The second-order valence-corrected chi connectivity index (χ2v) is 5.92. The van der Waals surface area contributed by atoms with Crippen molar-refractivity contribution in [2.75, 3.05) is 20.6 Å². The van der Waals surface area contributed by atoms with Crippen LogP contribution in [-0.4, -0.2) is 36.4 Å². The lowest BCUT2D eigenvalue weighted by Gasteiger charge is -2.26. The fourth-order valence-corrected chi connectivity index (χ4v) is 2.60. The van der Waals surface area contributed by atoms with Gasteiger partial charge in [0.05, 0.1) is 11.0 Å². The molecule has 0 spiro atoms. The molecule has 0 aromatic heterocycles. The number of carbonyl (C=O) groups is 1. The molecule has 0 aliphatic heterocycles. The van der Waals surface area contributed by atoms with Gasteiger partial charge < -0.3 is 10.2 Å². The average Bonchev–Trinajstić information content (AvgIpc) is 2.56. The highest BCUT2D eigenvalue weighted by Crippen LogP contribution is 2.25. The van der Waals surface area contributed by atoms with Gasteiger partial charge in [-0.2, -0.15) is 0 Å². The topological polar surface area (TPSA) is 75.5 Å². The van der Waals surface area contributed by atoms with Gasteiger partial charge in [0.2, 0.25) is 0 Å². The second kappa shape index (κ2) is 7.90. The van der Waals surface area contributed by atoms with Crippen molar-refractivity contribution in [2.24, 2.45) is 0 Å². The van der Waals surface area contributed by atoms with Crippen LogP contribution in [0, 0.1) is 10.1 Å². The molecule has 2 aromatic rings. The molecule has 7 heteroatoms. The Hall–Kier alpha value is -2.44. The highest BCUT2D eigenvalue weighted by Gasteiger charge is 2.18. The minimum absolute atomic E-state index is 0.0474. The van der Waals surface area contributed by atoms with E-state index in [1.807, 2.05) is 43.3 Å². The molecule has 2 rings (SSSR count). The van der Waals surface area contributed by atoms with Crippen LogP contribution in [0.25, 0.3) is 0 Å². The minimum atomic E-state index is -0.499. The molecular formula is C17H18ClN3O3. The Morgan fingerprint density at radius 1 is 1.21 bits per heavy atom. The molecule has 0 radical (unpaired) electrons. The van der Waals surface area contributed by atoms with Gasteiger partial charge in [0.1, 0.15) is 0 Å². The molecule has 6 nitrogen and oxygen atoms in total. The zero-order valence-electron chi connectivity index (χ0n) is 13.4. The molecular weight excluding hydrogens is 330 g/mol. The SMILES string of the molecule is CN(C)[C@H](CNC(=O)c1ccc([N+](=O)[O-])cc1)c1ccccc1Cl. The fourth-order valence-electron chi connectivity index (χ4n) is 2.34. The summed E-state index contributed by atoms with van der Waals surface area (Å²) in [6.07, 6.45) is 0. The third kappa shape index (κ3) is 4.31. The van der Waals surface area contributed by atoms with Gasteiger partial charge in [-0.15, -0.1) is 0 Å². The van der Waals surface area contributed by atoms with Gasteiger partial charge in [-0.25, -0.2) is 0 Å². The van der Waals surface area contributed by atoms with Crippen LogP contribution in [0.15, 0.2) is 48.5 Å². The van der Waals surface area contributed by atoms with Crippen molar-refractivity contribution >= 4 is 23.2 Å². The van der Waals surface area contributed by atoms with E-state index in [4.69, 9.17) is 11.6 Å². The number of amides is 1. The highest BCUT2D eigenvalue weighted by atomic mass is 35.5. The van der Waals surface area contributed by atoms with E-state index in [-0.39, 0.29) is 17.6 Å². The maximum Gasteiger partial charge on any atom is 0.269 e. The summed E-state index contributed by atoms with van der Waals surface area (Å²) >= 11 is 6.24. The summed E-state index contributed by atoms with van der Waals surface area (Å²) in [5.41, 5.74) is 1.25. The Morgan fingerprint density at radius 3 is 2.38 bits per heavy atom. The maximum absolute atomic E-state index is 12.2. The highest BCUT2D eigenvalue weighted by molar-refractivity contribution is 6.31. The van der Waals surface area contributed by atoms with E-state index in [1.165, 1.54) is 24.3 Å². The number of rotatable bonds is 6. The minimum Gasteiger partial charge on any atom is -0.350 e. The smallest absolute Gasteiger partial charge is 0.269 e. The van der Waals surface area contributed by atoms with Crippen molar-refractivity contribution in [1.29, 1.82) is 0 Å². The zero-order chi connectivity index (χ0) is 17.7. The first-order valence-electron chi connectivity index (χ1n) is 7.33. The number of nitro groups is 1. The molecule has 0 saturated heterocycles. The standard InChI is InChI=1S/C17H18ClN3O3/c1-20(2)16(14-5-3-4-6-15(14)18)11-19-17(22)12-7-9-13(10-8-12)21(23)24/h3-10,16H,11H2,1-2H3,(H,19,22)/t16-/m1/s1. The van der Waals surface area contributed by atoms with E-state index in [0.717, 1.165) is 5.56 Å². The normalized spacial score (nSPS) is 12.0. The number of carbonyl (C=O) groups excluding carboxylic acids is 1. The number of hydrogen-bond donors (Lipinski definition) is 1. The van der Waals surface area contributed by atoms with Gasteiger partial charge in [0, 0.05) is 29.3 Å². The van der Waals surface area contributed by atoms with Crippen LogP contribution in [-0.2, 0) is 0 Å². The van der Waals surface area contributed by atoms with E-state index < -0.39 is 4.92 Å². The molecule has 1 N–H and O–H groups in total. The first-order chi connectivity index (χ1) is 11.4. The van der Waals surface area contributed by atoms with Gasteiger partial charge in [-0.1, -0.05) is 29.8 Å². The number of non-ortho nitro benzene ring substituents is 1. The number of nitro benzene ring substituents is 1. The van der Waals surface area contributed by atoms with Gasteiger partial charge in [0.15, 0.2) is 0 Å². The van der Waals surface area contributed by atoms with Gasteiger partial charge in [-0.05, 0) is 37.9 Å². The summed E-state index contributed by atoms with van der Waals surface area (Å²) in [6.45, 7) is 0.368. The summed E-state index contributed by atoms with van der Waals surface area (Å²) in [5.74, 6) is -0.288. The predicted octanol–water partition coefficient (Wildman–Crippen LogP) is 3.28. The van der Waals surface area contributed by atoms with E-state index in [9.17, 15) is 14.9 Å². The molecule has 0 saturated carbocycles. The van der Waals surface area contributed by atoms with Crippen molar-refractivity contribution in [1.82, 2.24) is 10.2 Å². The lowest BCUT2D eigenvalue weighted by molar-refractivity contribution is -0.384. The van der Waals surface area contributed by atoms with Crippen LogP contribution in [0.5, 0.6) is 0 Å². The van der Waals surface area contributed by atoms with Crippen LogP contribution < -0.4 is 5.32 Å². The number of likely N-dealkylation sites (N-methyl/N-ethyl adjacent to an activating group) is 1. The number of hydrogen-bond acceptors (Lipinski definition) is 4. The monoisotopic (exact) mass is 347 g/mol. The third-order valence-corrected chi connectivity index (χ3v) is 4.03. The summed E-state index contributed by atoms with van der Waals surface area (Å²) in [5, 5.41) is 14.1. The predicted molar refractivity (Wildman–Crippen MR) is 93.3 cm³/mol. The fraction of sp³-hybridized carbons (Fsp3) is 0.235. The first kappa shape index (κ1) is 17.9. The number of halogens is 1. The lowest BCUT2D eigenvalue weighted by atomic mass is 10.1. The van der Waals surface area contributed by atoms with E-state index in [1.54, 1.807) is 0 Å². The van der Waals surface area contributed by atoms with E-state index in [0.29, 0.717) is 17.1 Å². The van der Waals surface area contributed by atoms with Crippen LogP contribution in [0.4, 0.5) is 5.69 Å². The Labute approximate surface area is 145 Å². The molecule has 1 atom stereocenters. The largest absolute Gasteiger partial charge is 0.350 e. The molecule has 126 valence electrons. The second-order valence-electron chi connectivity index (χ2n) is 5.51. The molecule has 0 fully saturated rings. The molecule has 0 heterocycles. The summed E-state index contributed by atoms with van der Waals surface area (Å²) in [7, 11) is 3.82. The quantitative estimate of drug-likeness (QED) is 0.642. The molecule has 0 aliphatic carbocycles. The number of nitrogens with zero attached hydrogens (tertiary/aromatic N) is 2. The Balaban J connectivity index is 2.08. The Kier molecular flexibility index (Phi) is 5.89. The van der Waals surface area contributed by atoms with E-state index >= 15 is 0 Å². The zero-order valence-corrected chi connectivity index (χ0v) is 14.2. The van der Waals surface area contributed by atoms with Crippen molar-refractivity contribution in [3.63, 3.8) is 0 Å². The summed E-state index contributed by atoms with van der Waals surface area (Å²) in [6, 6.07) is 12.9. The van der Waals surface area contributed by atoms with E-state index in [2.05, 4.69) is 5.32 Å². The molecule has 2 aromatic carbocycles. The Bertz CT molecular complexity index is 732. The Morgan fingerprint density at radius 2 is 1.83 bits per heavy atom. The lowest BCUT2D eigenvalue weighted by Crippen LogP contribution is -2.34. The molecule has 0 bridgehead atoms. The van der Waals surface area contributed by atoms with Crippen LogP contribution in [0.3, 0.4) is 0 Å². The third-order valence-electron chi connectivity index (χ3n) is 3.68. The molecule has 0 unspecified atom stereocenters. The van der Waals surface area contributed by atoms with Crippen LogP contribution in [0.1, 0.15) is 22.0 Å². The summed E-state index contributed by atoms with van der Waals surface area (Å²) < 4.78 is 0. The van der Waals surface area contributed by atoms with Crippen LogP contribution >= 0.6 is 11.6 Å². The molecule has 1 amide bonds. The van der Waals surface area contributed by atoms with Crippen molar-refractivity contribution in [2.45, 2.75) is 6.04 Å². The van der Waals surface area contributed by atoms with Gasteiger partial charge >= 0.3 is 0 Å². The summed E-state index contributed by atoms with van der Waals surface area (Å²) in [4.78, 5) is 24.4. The molecule has 0 aliphatic rings. The van der Waals surface area contributed by atoms with Crippen molar-refractivity contribution in [3.8, 4) is 0 Å². The first-order valence-corrected chi connectivity index (χ1v) is 7.71.